The smallest absolute Gasteiger partial charge is 0.251 e. The van der Waals surface area contributed by atoms with E-state index in [2.05, 4.69) is 10.6 Å². The molecule has 4 N–H and O–H groups in total. The molecule has 1 aromatic carbocycles. The normalized spacial score (nSPS) is 24.5. The van der Waals surface area contributed by atoms with E-state index in [9.17, 15) is 19.2 Å². The average Bonchev–Trinajstić information content (AvgIpc) is 3.04. The quantitative estimate of drug-likeness (QED) is 0.656. The topological polar surface area (TPSA) is 122 Å². The van der Waals surface area contributed by atoms with Crippen molar-refractivity contribution in [2.45, 2.75) is 48.9 Å². The Labute approximate surface area is 167 Å². The van der Waals surface area contributed by atoms with Crippen LogP contribution in [0.5, 0.6) is 0 Å². The van der Waals surface area contributed by atoms with Crippen LogP contribution in [0, 0.1) is 5.92 Å². The van der Waals surface area contributed by atoms with Crippen molar-refractivity contribution in [3.63, 3.8) is 0 Å². The zero-order valence-electron chi connectivity index (χ0n) is 15.8. The van der Waals surface area contributed by atoms with Crippen molar-refractivity contribution >= 4 is 41.1 Å². The van der Waals surface area contributed by atoms with Crippen molar-refractivity contribution < 1.29 is 19.2 Å². The first-order chi connectivity index (χ1) is 13.3. The molecule has 3 rings (SSSR count). The molecule has 8 nitrogen and oxygen atoms in total. The molecule has 0 spiro atoms. The van der Waals surface area contributed by atoms with Gasteiger partial charge in [-0.3, -0.25) is 19.2 Å². The Balaban J connectivity index is 1.94. The third-order valence-corrected chi connectivity index (χ3v) is 6.55. The minimum Gasteiger partial charge on any atom is -0.368 e. The number of benzene rings is 1. The fourth-order valence-corrected chi connectivity index (χ4v) is 4.81. The van der Waals surface area contributed by atoms with Gasteiger partial charge in [0.25, 0.3) is 5.91 Å². The van der Waals surface area contributed by atoms with Gasteiger partial charge in [-0.1, -0.05) is 26.0 Å². The highest BCUT2D eigenvalue weighted by Gasteiger charge is 2.41. The Bertz CT molecular complexity index is 813. The third kappa shape index (κ3) is 4.14. The summed E-state index contributed by atoms with van der Waals surface area (Å²) in [7, 11) is 0. The summed E-state index contributed by atoms with van der Waals surface area (Å²) in [5, 5.41) is 5.20. The molecule has 0 aromatic heterocycles. The first-order valence-corrected chi connectivity index (χ1v) is 10.1. The van der Waals surface area contributed by atoms with Gasteiger partial charge in [0, 0.05) is 16.6 Å². The van der Waals surface area contributed by atoms with Crippen LogP contribution >= 0.6 is 11.8 Å². The third-order valence-electron chi connectivity index (χ3n) is 4.86. The number of carbonyl (C=O) groups excluding carboxylic acids is 4. The number of hydrogen-bond acceptors (Lipinski definition) is 5. The summed E-state index contributed by atoms with van der Waals surface area (Å²) < 4.78 is 0. The van der Waals surface area contributed by atoms with Gasteiger partial charge in [0.05, 0.1) is 5.69 Å². The summed E-state index contributed by atoms with van der Waals surface area (Å²) in [6.07, 6.45) is 0.689. The monoisotopic (exact) mass is 404 g/mol. The van der Waals surface area contributed by atoms with Crippen LogP contribution in [0.2, 0.25) is 0 Å². The molecule has 9 heteroatoms. The van der Waals surface area contributed by atoms with Gasteiger partial charge in [0.1, 0.15) is 18.6 Å². The number of thioether (sulfide) groups is 1. The standard InChI is InChI=1S/C19H24N4O4S/c1-10(2)17-16(22-18(26)11-7-8-15(25)21-11)19(27)23(9-14(20)24)12-5-3-4-6-13(12)28-17/h3-6,10-11,16-17H,7-9H2,1-2H3,(H2,20,24)(H,21,25)(H,22,26)/t11-,16?,17?/m0/s1. The summed E-state index contributed by atoms with van der Waals surface area (Å²) >= 11 is 1.50. The maximum atomic E-state index is 13.4. The van der Waals surface area contributed by atoms with Gasteiger partial charge in [-0.05, 0) is 24.5 Å². The van der Waals surface area contributed by atoms with E-state index < -0.39 is 18.0 Å². The number of rotatable bonds is 5. The highest BCUT2D eigenvalue weighted by atomic mass is 32.2. The minimum absolute atomic E-state index is 0.0685. The Morgan fingerprint density at radius 2 is 2.04 bits per heavy atom. The molecule has 4 amide bonds. The van der Waals surface area contributed by atoms with E-state index in [4.69, 9.17) is 5.73 Å². The van der Waals surface area contributed by atoms with Crippen molar-refractivity contribution in [1.29, 1.82) is 0 Å². The second-order valence-corrected chi connectivity index (χ2v) is 8.55. The van der Waals surface area contributed by atoms with Crippen LogP contribution in [0.15, 0.2) is 29.2 Å². The van der Waals surface area contributed by atoms with Crippen LogP contribution in [-0.4, -0.2) is 47.5 Å². The minimum atomic E-state index is -0.846. The second kappa shape index (κ2) is 8.22. The van der Waals surface area contributed by atoms with Crippen LogP contribution in [0.4, 0.5) is 5.69 Å². The molecule has 2 heterocycles. The van der Waals surface area contributed by atoms with E-state index in [1.54, 1.807) is 12.1 Å². The predicted octanol–water partition coefficient (Wildman–Crippen LogP) is 0.399. The second-order valence-electron chi connectivity index (χ2n) is 7.33. The van der Waals surface area contributed by atoms with Crippen molar-refractivity contribution in [1.82, 2.24) is 10.6 Å². The molecule has 2 aliphatic rings. The molecule has 28 heavy (non-hydrogen) atoms. The first kappa shape index (κ1) is 20.2. The fourth-order valence-electron chi connectivity index (χ4n) is 3.47. The molecule has 0 aliphatic carbocycles. The van der Waals surface area contributed by atoms with Crippen molar-refractivity contribution in [3.8, 4) is 0 Å². The molecule has 1 fully saturated rings. The van der Waals surface area contributed by atoms with Crippen LogP contribution in [0.25, 0.3) is 0 Å². The van der Waals surface area contributed by atoms with Crippen LogP contribution in [-0.2, 0) is 19.2 Å². The van der Waals surface area contributed by atoms with Crippen molar-refractivity contribution in [2.75, 3.05) is 11.4 Å². The molecule has 2 unspecified atom stereocenters. The molecule has 0 radical (unpaired) electrons. The molecule has 0 saturated carbocycles. The SMILES string of the molecule is CC(C)C1Sc2ccccc2N(CC(N)=O)C(=O)C1NC(=O)[C@@H]1CCC(=O)N1. The Hall–Kier alpha value is -2.55. The van der Waals surface area contributed by atoms with Gasteiger partial charge in [0.2, 0.25) is 17.7 Å². The predicted molar refractivity (Wildman–Crippen MR) is 106 cm³/mol. The molecule has 2 aliphatic heterocycles. The van der Waals surface area contributed by atoms with Gasteiger partial charge < -0.3 is 21.3 Å². The number of amides is 4. The molecule has 1 saturated heterocycles. The lowest BCUT2D eigenvalue weighted by molar-refractivity contribution is -0.130. The maximum absolute atomic E-state index is 13.4. The Morgan fingerprint density at radius 3 is 2.64 bits per heavy atom. The summed E-state index contributed by atoms with van der Waals surface area (Å²) in [6.45, 7) is 3.69. The zero-order valence-corrected chi connectivity index (χ0v) is 16.6. The summed E-state index contributed by atoms with van der Waals surface area (Å²) in [4.78, 5) is 51.3. The number of nitrogens with zero attached hydrogens (tertiary/aromatic N) is 1. The van der Waals surface area contributed by atoms with Gasteiger partial charge in [-0.15, -0.1) is 11.8 Å². The number of nitrogens with two attached hydrogens (primary N) is 1. The molecule has 0 bridgehead atoms. The molecule has 150 valence electrons. The van der Waals surface area contributed by atoms with Crippen LogP contribution in [0.1, 0.15) is 26.7 Å². The summed E-state index contributed by atoms with van der Waals surface area (Å²) in [5.41, 5.74) is 5.98. The van der Waals surface area contributed by atoms with Crippen LogP contribution < -0.4 is 21.3 Å². The number of primary amides is 1. The number of anilines is 1. The highest BCUT2D eigenvalue weighted by molar-refractivity contribution is 8.00. The van der Waals surface area contributed by atoms with Crippen molar-refractivity contribution in [2.24, 2.45) is 11.7 Å². The van der Waals surface area contributed by atoms with E-state index in [0.717, 1.165) is 4.90 Å². The Kier molecular flexibility index (Phi) is 5.93. The van der Waals surface area contributed by atoms with E-state index in [-0.39, 0.29) is 41.9 Å². The van der Waals surface area contributed by atoms with E-state index in [1.165, 1.54) is 16.7 Å². The molecule has 3 atom stereocenters. The fraction of sp³-hybridized carbons (Fsp3) is 0.474. The molecule has 1 aromatic rings. The number of carbonyl (C=O) groups is 4. The summed E-state index contributed by atoms with van der Waals surface area (Å²) in [5.74, 6) is -1.51. The van der Waals surface area contributed by atoms with E-state index in [1.807, 2.05) is 26.0 Å². The summed E-state index contributed by atoms with van der Waals surface area (Å²) in [6, 6.07) is 5.82. The highest BCUT2D eigenvalue weighted by Crippen LogP contribution is 2.40. The van der Waals surface area contributed by atoms with E-state index >= 15 is 0 Å². The van der Waals surface area contributed by atoms with Gasteiger partial charge in [0.15, 0.2) is 0 Å². The zero-order chi connectivity index (χ0) is 20.4. The van der Waals surface area contributed by atoms with Gasteiger partial charge in [-0.25, -0.2) is 0 Å². The number of hydrogen-bond donors (Lipinski definition) is 3. The lowest BCUT2D eigenvalue weighted by atomic mass is 10.0. The maximum Gasteiger partial charge on any atom is 0.251 e. The molecular formula is C19H24N4O4S. The number of nitrogens with one attached hydrogen (secondary N) is 2. The van der Waals surface area contributed by atoms with Crippen molar-refractivity contribution in [3.05, 3.63) is 24.3 Å². The average molecular weight is 404 g/mol. The lowest BCUT2D eigenvalue weighted by Crippen LogP contribution is -2.57. The lowest BCUT2D eigenvalue weighted by Gasteiger charge is -2.30. The van der Waals surface area contributed by atoms with Crippen LogP contribution in [0.3, 0.4) is 0 Å². The number of para-hydroxylation sites is 1. The first-order valence-electron chi connectivity index (χ1n) is 9.23. The Morgan fingerprint density at radius 1 is 1.32 bits per heavy atom. The van der Waals surface area contributed by atoms with E-state index in [0.29, 0.717) is 12.1 Å². The molecular weight excluding hydrogens is 380 g/mol. The van der Waals surface area contributed by atoms with Gasteiger partial charge in [-0.2, -0.15) is 0 Å². The van der Waals surface area contributed by atoms with Gasteiger partial charge >= 0.3 is 0 Å². The number of fused-ring (bicyclic) bond motifs is 1. The largest absolute Gasteiger partial charge is 0.368 e.